The molecule has 0 saturated heterocycles. The number of hydrogen-bond donors (Lipinski definition) is 2. The van der Waals surface area contributed by atoms with Gasteiger partial charge in [0, 0.05) is 25.8 Å². The van der Waals surface area contributed by atoms with Gasteiger partial charge in [0.05, 0.1) is 0 Å². The Labute approximate surface area is 130 Å². The molecule has 0 heterocycles. The molecule has 1 aromatic rings. The second kappa shape index (κ2) is 8.28. The lowest BCUT2D eigenvalue weighted by atomic mass is 9.81. The summed E-state index contributed by atoms with van der Waals surface area (Å²) in [7, 11) is 2.13. The van der Waals surface area contributed by atoms with Crippen LogP contribution in [-0.4, -0.2) is 31.8 Å². The van der Waals surface area contributed by atoms with Crippen molar-refractivity contribution in [3.63, 3.8) is 0 Å². The van der Waals surface area contributed by atoms with Gasteiger partial charge in [-0.2, -0.15) is 0 Å². The van der Waals surface area contributed by atoms with E-state index in [-0.39, 0.29) is 0 Å². The number of aromatic hydroxyl groups is 1. The maximum absolute atomic E-state index is 9.40. The fraction of sp³-hybridized carbons (Fsp3) is 0.667. The number of nitrogens with zero attached hydrogens (tertiary/aromatic N) is 1. The molecule has 21 heavy (non-hydrogen) atoms. The Morgan fingerprint density at radius 2 is 1.71 bits per heavy atom. The molecule has 0 spiro atoms. The van der Waals surface area contributed by atoms with Crippen LogP contribution in [0.15, 0.2) is 24.3 Å². The Hall–Kier alpha value is -1.22. The highest BCUT2D eigenvalue weighted by Gasteiger charge is 2.27. The van der Waals surface area contributed by atoms with Gasteiger partial charge in [0.1, 0.15) is 5.75 Å². The summed E-state index contributed by atoms with van der Waals surface area (Å²) < 4.78 is 0. The molecule has 120 valence electrons. The van der Waals surface area contributed by atoms with E-state index in [1.165, 1.54) is 0 Å². The first-order valence-electron chi connectivity index (χ1n) is 8.13. The molecule has 2 N–H and O–H groups in total. The Morgan fingerprint density at radius 3 is 2.19 bits per heavy atom. The first-order chi connectivity index (χ1) is 9.92. The highest BCUT2D eigenvalue weighted by molar-refractivity contribution is 5.48. The quantitative estimate of drug-likeness (QED) is 0.725. The van der Waals surface area contributed by atoms with Crippen LogP contribution < -0.4 is 10.2 Å². The molecule has 0 saturated carbocycles. The zero-order valence-electron chi connectivity index (χ0n) is 14.3. The van der Waals surface area contributed by atoms with Gasteiger partial charge in [-0.1, -0.05) is 27.7 Å². The average Bonchev–Trinajstić information content (AvgIpc) is 2.46. The number of phenols is 1. The van der Waals surface area contributed by atoms with Crippen molar-refractivity contribution < 1.29 is 5.11 Å². The van der Waals surface area contributed by atoms with Crippen LogP contribution in [0.3, 0.4) is 0 Å². The summed E-state index contributed by atoms with van der Waals surface area (Å²) in [4.78, 5) is 2.30. The van der Waals surface area contributed by atoms with E-state index in [1.807, 2.05) is 12.1 Å². The summed E-state index contributed by atoms with van der Waals surface area (Å²) in [5.74, 6) is 1.01. The van der Waals surface area contributed by atoms with Gasteiger partial charge >= 0.3 is 0 Å². The Kier molecular flexibility index (Phi) is 7.03. The topological polar surface area (TPSA) is 35.5 Å². The molecule has 0 radical (unpaired) electrons. The smallest absolute Gasteiger partial charge is 0.115 e. The molecule has 0 aliphatic heterocycles. The van der Waals surface area contributed by atoms with Gasteiger partial charge in [-0.05, 0) is 55.0 Å². The molecule has 0 unspecified atom stereocenters. The van der Waals surface area contributed by atoms with Gasteiger partial charge in [-0.3, -0.25) is 0 Å². The van der Waals surface area contributed by atoms with Crippen molar-refractivity contribution in [1.29, 1.82) is 0 Å². The van der Waals surface area contributed by atoms with Gasteiger partial charge in [-0.25, -0.2) is 0 Å². The average molecular weight is 292 g/mol. The minimum atomic E-state index is 0.293. The molecule has 1 aromatic carbocycles. The van der Waals surface area contributed by atoms with Crippen molar-refractivity contribution in [2.75, 3.05) is 31.6 Å². The molecular weight excluding hydrogens is 260 g/mol. The molecule has 0 fully saturated rings. The first-order valence-corrected chi connectivity index (χ1v) is 8.13. The largest absolute Gasteiger partial charge is 0.508 e. The highest BCUT2D eigenvalue weighted by Crippen LogP contribution is 2.29. The Balaban J connectivity index is 2.69. The predicted octanol–water partition coefficient (Wildman–Crippen LogP) is 3.88. The fourth-order valence-corrected chi connectivity index (χ4v) is 2.71. The van der Waals surface area contributed by atoms with Gasteiger partial charge in [0.15, 0.2) is 0 Å². The number of phenolic OH excluding ortho intramolecular Hbond substituents is 1. The number of anilines is 1. The molecule has 0 amide bonds. The minimum absolute atomic E-state index is 0.293. The van der Waals surface area contributed by atoms with E-state index in [4.69, 9.17) is 0 Å². The second-order valence-corrected chi connectivity index (χ2v) is 6.60. The summed E-state index contributed by atoms with van der Waals surface area (Å²) in [6.45, 7) is 12.2. The first kappa shape index (κ1) is 17.8. The van der Waals surface area contributed by atoms with Gasteiger partial charge in [-0.15, -0.1) is 0 Å². The van der Waals surface area contributed by atoms with E-state index in [0.29, 0.717) is 17.1 Å². The van der Waals surface area contributed by atoms with Crippen molar-refractivity contribution in [3.8, 4) is 5.75 Å². The zero-order chi connectivity index (χ0) is 15.9. The molecule has 0 atom stereocenters. The molecule has 3 nitrogen and oxygen atoms in total. The minimum Gasteiger partial charge on any atom is -0.508 e. The second-order valence-electron chi connectivity index (χ2n) is 6.60. The lowest BCUT2D eigenvalue weighted by molar-refractivity contribution is 0.252. The molecule has 0 aliphatic carbocycles. The van der Waals surface area contributed by atoms with E-state index in [9.17, 15) is 5.11 Å². The van der Waals surface area contributed by atoms with E-state index < -0.39 is 0 Å². The van der Waals surface area contributed by atoms with Crippen LogP contribution in [0.2, 0.25) is 0 Å². The monoisotopic (exact) mass is 292 g/mol. The predicted molar refractivity (Wildman–Crippen MR) is 92.1 cm³/mol. The van der Waals surface area contributed by atoms with Gasteiger partial charge in [0.2, 0.25) is 0 Å². The van der Waals surface area contributed by atoms with E-state index in [1.54, 1.807) is 12.1 Å². The van der Waals surface area contributed by atoms with Crippen LogP contribution in [0, 0.1) is 11.3 Å². The van der Waals surface area contributed by atoms with Crippen LogP contribution in [0.5, 0.6) is 5.75 Å². The molecule has 1 rings (SSSR count). The molecule has 0 aromatic heterocycles. The summed E-state index contributed by atoms with van der Waals surface area (Å²) in [6, 6.07) is 7.46. The SMILES string of the molecule is CCC(CC)(CNCC(C)C)CN(C)c1ccc(O)cc1. The van der Waals surface area contributed by atoms with Crippen LogP contribution in [0.25, 0.3) is 0 Å². The standard InChI is InChI=1S/C18H32N2O/c1-6-18(7-2,13-19-12-15(3)4)14-20(5)16-8-10-17(21)11-9-16/h8-11,15,19,21H,6-7,12-14H2,1-5H3. The van der Waals surface area contributed by atoms with Crippen LogP contribution in [0.1, 0.15) is 40.5 Å². The third-order valence-corrected chi connectivity index (χ3v) is 4.42. The zero-order valence-corrected chi connectivity index (χ0v) is 14.3. The normalized spacial score (nSPS) is 11.9. The molecular formula is C18H32N2O. The maximum atomic E-state index is 9.40. The maximum Gasteiger partial charge on any atom is 0.115 e. The van der Waals surface area contributed by atoms with Crippen molar-refractivity contribution in [2.45, 2.75) is 40.5 Å². The van der Waals surface area contributed by atoms with E-state index >= 15 is 0 Å². The lowest BCUT2D eigenvalue weighted by Gasteiger charge is -2.37. The number of benzene rings is 1. The van der Waals surface area contributed by atoms with Crippen molar-refractivity contribution >= 4 is 5.69 Å². The summed E-state index contributed by atoms with van der Waals surface area (Å²) >= 11 is 0. The van der Waals surface area contributed by atoms with Crippen LogP contribution in [0.4, 0.5) is 5.69 Å². The van der Waals surface area contributed by atoms with Crippen molar-refractivity contribution in [3.05, 3.63) is 24.3 Å². The number of hydrogen-bond acceptors (Lipinski definition) is 3. The van der Waals surface area contributed by atoms with Gasteiger partial charge < -0.3 is 15.3 Å². The summed E-state index contributed by atoms with van der Waals surface area (Å²) in [5.41, 5.74) is 1.45. The summed E-state index contributed by atoms with van der Waals surface area (Å²) in [5, 5.41) is 13.0. The third kappa shape index (κ3) is 5.58. The van der Waals surface area contributed by atoms with E-state index in [0.717, 1.165) is 38.2 Å². The van der Waals surface area contributed by atoms with Crippen molar-refractivity contribution in [1.82, 2.24) is 5.32 Å². The van der Waals surface area contributed by atoms with E-state index in [2.05, 4.69) is 45.0 Å². The number of nitrogens with one attached hydrogen (secondary N) is 1. The van der Waals surface area contributed by atoms with Crippen LogP contribution >= 0.6 is 0 Å². The highest BCUT2D eigenvalue weighted by atomic mass is 16.3. The van der Waals surface area contributed by atoms with Gasteiger partial charge in [0.25, 0.3) is 0 Å². The fourth-order valence-electron chi connectivity index (χ4n) is 2.71. The lowest BCUT2D eigenvalue weighted by Crippen LogP contribution is -2.43. The molecule has 0 bridgehead atoms. The number of rotatable bonds is 9. The Morgan fingerprint density at radius 1 is 1.14 bits per heavy atom. The molecule has 0 aliphatic rings. The third-order valence-electron chi connectivity index (χ3n) is 4.42. The molecule has 3 heteroatoms. The van der Waals surface area contributed by atoms with Crippen molar-refractivity contribution in [2.24, 2.45) is 11.3 Å². The Bertz CT molecular complexity index is 396. The van der Waals surface area contributed by atoms with Crippen LogP contribution in [-0.2, 0) is 0 Å². The summed E-state index contributed by atoms with van der Waals surface area (Å²) in [6.07, 6.45) is 2.33.